The van der Waals surface area contributed by atoms with E-state index in [0.29, 0.717) is 32.3 Å². The predicted octanol–water partition coefficient (Wildman–Crippen LogP) is 8.51. The Labute approximate surface area is 213 Å². The van der Waals surface area contributed by atoms with Crippen LogP contribution in [0, 0.1) is 0 Å². The summed E-state index contributed by atoms with van der Waals surface area (Å²) in [6.45, 7) is 0.159. The number of hydrogen-bond donors (Lipinski definition) is 0. The summed E-state index contributed by atoms with van der Waals surface area (Å²) in [7, 11) is 0. The van der Waals surface area contributed by atoms with E-state index in [-0.39, 0.29) is 12.4 Å². The lowest BCUT2D eigenvalue weighted by Crippen LogP contribution is -2.59. The molecule has 0 rings (SSSR count). The van der Waals surface area contributed by atoms with Crippen LogP contribution in [0.5, 0.6) is 0 Å². The van der Waals surface area contributed by atoms with Gasteiger partial charge in [0.25, 0.3) is 0 Å². The maximum absolute atomic E-state index is 13.3. The zero-order valence-corrected chi connectivity index (χ0v) is 21.5. The Morgan fingerprint density at radius 1 is 0.622 bits per heavy atom. The van der Waals surface area contributed by atoms with Crippen molar-refractivity contribution >= 4 is 11.9 Å². The van der Waals surface area contributed by atoms with Crippen LogP contribution in [0.3, 0.4) is 0 Å². The zero-order valence-electron chi connectivity index (χ0n) is 21.5. The summed E-state index contributed by atoms with van der Waals surface area (Å²) >= 11 is 0. The molecule has 0 heterocycles. The number of ether oxygens (including phenoxy) is 2. The number of rotatable bonds is 23. The van der Waals surface area contributed by atoms with Crippen molar-refractivity contribution in [3.05, 3.63) is 0 Å². The largest absolute Gasteiger partial charge is 0.466 e. The SMILES string of the molecule is CCCCCCCCCCOC(=O)CCCCCCCCC(=O)OCC(F)(F)C(F)(F)C(F)(F)C(F)F. The standard InChI is InChI=1S/C25H40F8O4/c1-2-3-4-5-6-9-12-15-18-36-20(34)16-13-10-7-8-11-14-17-21(35)37-19-23(28,29)25(32,33)24(30,31)22(26)27/h22H,2-19H2,1H3. The molecule has 0 unspecified atom stereocenters. The molecule has 0 N–H and O–H groups in total. The molecule has 0 aromatic carbocycles. The Balaban J connectivity index is 3.78. The molecule has 0 aromatic rings. The molecule has 12 heteroatoms. The van der Waals surface area contributed by atoms with Crippen LogP contribution in [0.1, 0.15) is 110 Å². The minimum absolute atomic E-state index is 0.175. The highest BCUT2D eigenvalue weighted by Crippen LogP contribution is 2.48. The molecule has 0 saturated heterocycles. The van der Waals surface area contributed by atoms with E-state index in [2.05, 4.69) is 11.7 Å². The summed E-state index contributed by atoms with van der Waals surface area (Å²) in [6.07, 6.45) is 7.49. The summed E-state index contributed by atoms with van der Waals surface area (Å²) in [4.78, 5) is 23.1. The fourth-order valence-electron chi connectivity index (χ4n) is 3.45. The third kappa shape index (κ3) is 14.2. The molecule has 220 valence electrons. The van der Waals surface area contributed by atoms with Crippen LogP contribution >= 0.6 is 0 Å². The van der Waals surface area contributed by atoms with Crippen molar-refractivity contribution < 1.29 is 54.2 Å². The lowest BCUT2D eigenvalue weighted by atomic mass is 10.1. The molecular formula is C25H40F8O4. The third-order valence-corrected chi connectivity index (χ3v) is 5.84. The van der Waals surface area contributed by atoms with Gasteiger partial charge in [-0.3, -0.25) is 9.59 Å². The summed E-state index contributed by atoms with van der Waals surface area (Å²) in [6, 6.07) is 0. The van der Waals surface area contributed by atoms with Gasteiger partial charge in [-0.05, 0) is 19.3 Å². The first-order valence-corrected chi connectivity index (χ1v) is 13.0. The molecule has 0 fully saturated rings. The molecule has 0 spiro atoms. The van der Waals surface area contributed by atoms with Gasteiger partial charge in [0.1, 0.15) is 0 Å². The van der Waals surface area contributed by atoms with Crippen molar-refractivity contribution in [2.24, 2.45) is 0 Å². The van der Waals surface area contributed by atoms with Crippen LogP contribution in [-0.4, -0.2) is 49.3 Å². The van der Waals surface area contributed by atoms with Gasteiger partial charge < -0.3 is 9.47 Å². The first-order chi connectivity index (χ1) is 17.3. The van der Waals surface area contributed by atoms with Crippen molar-refractivity contribution in [2.45, 2.75) is 134 Å². The number of carbonyl (C=O) groups is 2. The van der Waals surface area contributed by atoms with Gasteiger partial charge in [0.05, 0.1) is 6.61 Å². The molecule has 0 aliphatic heterocycles. The van der Waals surface area contributed by atoms with Gasteiger partial charge in [-0.2, -0.15) is 26.3 Å². The van der Waals surface area contributed by atoms with Crippen LogP contribution in [0.2, 0.25) is 0 Å². The van der Waals surface area contributed by atoms with E-state index < -0.39 is 43.2 Å². The van der Waals surface area contributed by atoms with Gasteiger partial charge >= 0.3 is 36.1 Å². The maximum Gasteiger partial charge on any atom is 0.381 e. The molecule has 0 saturated carbocycles. The first-order valence-electron chi connectivity index (χ1n) is 13.0. The number of halogens is 8. The normalized spacial score (nSPS) is 12.7. The molecule has 0 bridgehead atoms. The molecule has 0 aromatic heterocycles. The highest BCUT2D eigenvalue weighted by atomic mass is 19.4. The van der Waals surface area contributed by atoms with Gasteiger partial charge in [-0.25, -0.2) is 8.78 Å². The molecule has 0 radical (unpaired) electrons. The van der Waals surface area contributed by atoms with E-state index in [1.54, 1.807) is 0 Å². The Morgan fingerprint density at radius 3 is 1.49 bits per heavy atom. The number of unbranched alkanes of at least 4 members (excludes halogenated alkanes) is 12. The molecule has 0 amide bonds. The molecule has 37 heavy (non-hydrogen) atoms. The van der Waals surface area contributed by atoms with Gasteiger partial charge in [0.15, 0.2) is 6.61 Å². The van der Waals surface area contributed by atoms with Gasteiger partial charge in [0, 0.05) is 12.8 Å². The van der Waals surface area contributed by atoms with Crippen molar-refractivity contribution in [3.8, 4) is 0 Å². The van der Waals surface area contributed by atoms with E-state index in [1.807, 2.05) is 0 Å². The predicted molar refractivity (Wildman–Crippen MR) is 122 cm³/mol. The average molecular weight is 557 g/mol. The Morgan fingerprint density at radius 2 is 1.03 bits per heavy atom. The topological polar surface area (TPSA) is 52.6 Å². The monoisotopic (exact) mass is 556 g/mol. The highest BCUT2D eigenvalue weighted by Gasteiger charge is 2.75. The summed E-state index contributed by atoms with van der Waals surface area (Å²) < 4.78 is 112. The van der Waals surface area contributed by atoms with Crippen molar-refractivity contribution in [3.63, 3.8) is 0 Å². The molecule has 0 atom stereocenters. The van der Waals surface area contributed by atoms with Gasteiger partial charge in [0.2, 0.25) is 0 Å². The van der Waals surface area contributed by atoms with Gasteiger partial charge in [-0.15, -0.1) is 0 Å². The number of alkyl halides is 8. The lowest BCUT2D eigenvalue weighted by molar-refractivity contribution is -0.344. The van der Waals surface area contributed by atoms with E-state index in [1.165, 1.54) is 32.1 Å². The van der Waals surface area contributed by atoms with Crippen molar-refractivity contribution in [1.29, 1.82) is 0 Å². The number of hydrogen-bond acceptors (Lipinski definition) is 4. The fourth-order valence-corrected chi connectivity index (χ4v) is 3.45. The highest BCUT2D eigenvalue weighted by molar-refractivity contribution is 5.69. The second-order valence-electron chi connectivity index (χ2n) is 9.18. The molecule has 0 aliphatic carbocycles. The quantitative estimate of drug-likeness (QED) is 0.0719. The Hall–Kier alpha value is -1.62. The fraction of sp³-hybridized carbons (Fsp3) is 0.920. The Kier molecular flexibility index (Phi) is 17.8. The number of esters is 2. The van der Waals surface area contributed by atoms with E-state index >= 15 is 0 Å². The second-order valence-corrected chi connectivity index (χ2v) is 9.18. The van der Waals surface area contributed by atoms with Crippen LogP contribution < -0.4 is 0 Å². The van der Waals surface area contributed by atoms with Crippen LogP contribution in [-0.2, 0) is 19.1 Å². The maximum atomic E-state index is 13.3. The lowest BCUT2D eigenvalue weighted by Gasteiger charge is -2.31. The molecule has 4 nitrogen and oxygen atoms in total. The summed E-state index contributed by atoms with van der Waals surface area (Å²) in [5.41, 5.74) is 0. The zero-order chi connectivity index (χ0) is 28.4. The minimum Gasteiger partial charge on any atom is -0.466 e. The van der Waals surface area contributed by atoms with E-state index in [9.17, 15) is 44.7 Å². The van der Waals surface area contributed by atoms with Crippen molar-refractivity contribution in [2.75, 3.05) is 13.2 Å². The molecule has 0 aliphatic rings. The Bertz CT molecular complexity index is 630. The van der Waals surface area contributed by atoms with Crippen LogP contribution in [0.15, 0.2) is 0 Å². The van der Waals surface area contributed by atoms with Crippen LogP contribution in [0.25, 0.3) is 0 Å². The van der Waals surface area contributed by atoms with Gasteiger partial charge in [-0.1, -0.05) is 77.6 Å². The average Bonchev–Trinajstić information content (AvgIpc) is 2.83. The second kappa shape index (κ2) is 18.6. The number of carbonyl (C=O) groups excluding carboxylic acids is 2. The summed E-state index contributed by atoms with van der Waals surface area (Å²) in [5.74, 6) is -19.9. The molecular weight excluding hydrogens is 516 g/mol. The van der Waals surface area contributed by atoms with Crippen LogP contribution in [0.4, 0.5) is 35.1 Å². The third-order valence-electron chi connectivity index (χ3n) is 5.84. The smallest absolute Gasteiger partial charge is 0.381 e. The first kappa shape index (κ1) is 35.4. The van der Waals surface area contributed by atoms with E-state index in [0.717, 1.165) is 32.1 Å². The van der Waals surface area contributed by atoms with E-state index in [4.69, 9.17) is 4.74 Å². The summed E-state index contributed by atoms with van der Waals surface area (Å²) in [5, 5.41) is 0. The minimum atomic E-state index is -6.39. The van der Waals surface area contributed by atoms with Crippen molar-refractivity contribution in [1.82, 2.24) is 0 Å².